The highest BCUT2D eigenvalue weighted by Crippen LogP contribution is 2.24. The summed E-state index contributed by atoms with van der Waals surface area (Å²) in [4.78, 5) is 0. The lowest BCUT2D eigenvalue weighted by Gasteiger charge is -2.31. The first-order chi connectivity index (χ1) is 13.0. The van der Waals surface area contributed by atoms with Crippen LogP contribution in [0.3, 0.4) is 0 Å². The van der Waals surface area contributed by atoms with Crippen molar-refractivity contribution in [3.05, 3.63) is 47.8 Å². The first kappa shape index (κ1) is 17.9. The molecular weight excluding hydrogens is 368 g/mol. The Kier molecular flexibility index (Phi) is 4.79. The highest BCUT2D eigenvalue weighted by Gasteiger charge is 2.31. The Bertz CT molecular complexity index is 1030. The van der Waals surface area contributed by atoms with Crippen molar-refractivity contribution < 1.29 is 17.7 Å². The van der Waals surface area contributed by atoms with Gasteiger partial charge in [-0.1, -0.05) is 17.3 Å². The summed E-state index contributed by atoms with van der Waals surface area (Å²) in [5.74, 6) is 0.216. The third-order valence-electron chi connectivity index (χ3n) is 4.57. The minimum atomic E-state index is -3.53. The second-order valence-electron chi connectivity index (χ2n) is 6.63. The van der Waals surface area contributed by atoms with E-state index < -0.39 is 10.0 Å². The quantitative estimate of drug-likeness (QED) is 0.661. The van der Waals surface area contributed by atoms with Crippen molar-refractivity contribution in [1.29, 1.82) is 0 Å². The zero-order chi connectivity index (χ0) is 18.9. The number of nitrogens with zero attached hydrogens (tertiary/aromatic N) is 4. The maximum Gasteiger partial charge on any atom is 0.233 e. The highest BCUT2D eigenvalue weighted by molar-refractivity contribution is 7.88. The van der Waals surface area contributed by atoms with Gasteiger partial charge in [0.25, 0.3) is 0 Å². The molecule has 1 aliphatic rings. The van der Waals surface area contributed by atoms with Gasteiger partial charge in [0.1, 0.15) is 17.6 Å². The zero-order valence-corrected chi connectivity index (χ0v) is 15.7. The van der Waals surface area contributed by atoms with E-state index in [9.17, 15) is 8.42 Å². The van der Waals surface area contributed by atoms with E-state index in [-0.39, 0.29) is 18.4 Å². The largest absolute Gasteiger partial charge is 0.472 e. The van der Waals surface area contributed by atoms with Crippen molar-refractivity contribution in [1.82, 2.24) is 19.7 Å². The average molecular weight is 388 g/mol. The van der Waals surface area contributed by atoms with Gasteiger partial charge in [-0.2, -0.15) is 9.40 Å². The molecule has 1 unspecified atom stereocenters. The molecule has 1 aliphatic heterocycles. The Morgan fingerprint density at radius 3 is 2.89 bits per heavy atom. The van der Waals surface area contributed by atoms with Gasteiger partial charge in [-0.25, -0.2) is 8.42 Å². The number of para-hydroxylation sites is 1. The minimum Gasteiger partial charge on any atom is -0.472 e. The van der Waals surface area contributed by atoms with Gasteiger partial charge in [0.15, 0.2) is 5.58 Å². The molecule has 0 bridgehead atoms. The van der Waals surface area contributed by atoms with Gasteiger partial charge in [-0.3, -0.25) is 0 Å². The second kappa shape index (κ2) is 7.24. The van der Waals surface area contributed by atoms with E-state index in [1.54, 1.807) is 12.1 Å². The Hall–Kier alpha value is -2.52. The van der Waals surface area contributed by atoms with E-state index in [1.807, 2.05) is 31.2 Å². The number of hydrogen-bond acceptors (Lipinski definition) is 7. The van der Waals surface area contributed by atoms with Crippen LogP contribution in [0.1, 0.15) is 24.2 Å². The molecule has 3 heterocycles. The fourth-order valence-corrected chi connectivity index (χ4v) is 4.72. The Balaban J connectivity index is 1.47. The highest BCUT2D eigenvalue weighted by atomic mass is 32.2. The van der Waals surface area contributed by atoms with E-state index in [0.29, 0.717) is 23.7 Å². The van der Waals surface area contributed by atoms with Crippen LogP contribution in [0.4, 0.5) is 0 Å². The zero-order valence-electron chi connectivity index (χ0n) is 14.9. The molecular formula is C18H20N4O4S. The standard InChI is InChI=1S/C18H20N4O4S/c1-13-8-9-18(20-19-13)25-14-5-4-10-22(11-14)27(23,24)12-16-15-6-2-3-7-17(15)26-21-16/h2-3,6-9,14H,4-5,10-12H2,1H3. The van der Waals surface area contributed by atoms with Crippen molar-refractivity contribution in [2.75, 3.05) is 13.1 Å². The van der Waals surface area contributed by atoms with Crippen LogP contribution in [0.2, 0.25) is 0 Å². The lowest BCUT2D eigenvalue weighted by atomic mass is 10.1. The van der Waals surface area contributed by atoms with Gasteiger partial charge in [0.2, 0.25) is 15.9 Å². The molecule has 0 N–H and O–H groups in total. The smallest absolute Gasteiger partial charge is 0.233 e. The van der Waals surface area contributed by atoms with E-state index >= 15 is 0 Å². The SMILES string of the molecule is Cc1ccc(OC2CCCN(S(=O)(=O)Cc3noc4ccccc34)C2)nn1. The number of aromatic nitrogens is 3. The van der Waals surface area contributed by atoms with Crippen molar-refractivity contribution >= 4 is 21.0 Å². The first-order valence-corrected chi connectivity index (χ1v) is 10.4. The molecule has 2 aromatic heterocycles. The predicted octanol–water partition coefficient (Wildman–Crippen LogP) is 2.30. The number of rotatable bonds is 5. The van der Waals surface area contributed by atoms with Crippen molar-refractivity contribution in [2.45, 2.75) is 31.6 Å². The number of benzene rings is 1. The third kappa shape index (κ3) is 3.93. The number of hydrogen-bond donors (Lipinski definition) is 0. The van der Waals surface area contributed by atoms with E-state index in [4.69, 9.17) is 9.26 Å². The molecule has 1 atom stereocenters. The van der Waals surface area contributed by atoms with Crippen LogP contribution in [0.5, 0.6) is 5.88 Å². The molecule has 0 radical (unpaired) electrons. The summed E-state index contributed by atoms with van der Waals surface area (Å²) in [6.07, 6.45) is 1.25. The molecule has 3 aromatic rings. The summed E-state index contributed by atoms with van der Waals surface area (Å²) >= 11 is 0. The first-order valence-electron chi connectivity index (χ1n) is 8.79. The third-order valence-corrected chi connectivity index (χ3v) is 6.32. The van der Waals surface area contributed by atoms with E-state index in [0.717, 1.165) is 23.9 Å². The van der Waals surface area contributed by atoms with Crippen LogP contribution >= 0.6 is 0 Å². The number of piperidine rings is 1. The van der Waals surface area contributed by atoms with Gasteiger partial charge in [0, 0.05) is 18.0 Å². The van der Waals surface area contributed by atoms with Crippen LogP contribution in [-0.2, 0) is 15.8 Å². The van der Waals surface area contributed by atoms with Crippen LogP contribution in [0.25, 0.3) is 11.0 Å². The molecule has 27 heavy (non-hydrogen) atoms. The number of fused-ring (bicyclic) bond motifs is 1. The van der Waals surface area contributed by atoms with Gasteiger partial charge in [-0.05, 0) is 38.0 Å². The van der Waals surface area contributed by atoms with Crippen LogP contribution < -0.4 is 4.74 Å². The molecule has 1 fully saturated rings. The molecule has 1 aromatic carbocycles. The monoisotopic (exact) mass is 388 g/mol. The second-order valence-corrected chi connectivity index (χ2v) is 8.60. The van der Waals surface area contributed by atoms with E-state index in [2.05, 4.69) is 15.4 Å². The topological polar surface area (TPSA) is 98.4 Å². The molecule has 142 valence electrons. The Labute approximate surface area is 157 Å². The number of ether oxygens (including phenoxy) is 1. The van der Waals surface area contributed by atoms with Crippen LogP contribution in [-0.4, -0.2) is 47.3 Å². The van der Waals surface area contributed by atoms with Crippen molar-refractivity contribution in [3.8, 4) is 5.88 Å². The van der Waals surface area contributed by atoms with Gasteiger partial charge >= 0.3 is 0 Å². The Morgan fingerprint density at radius 1 is 1.22 bits per heavy atom. The fraction of sp³-hybridized carbons (Fsp3) is 0.389. The molecule has 0 spiro atoms. The summed E-state index contributed by atoms with van der Waals surface area (Å²) in [5.41, 5.74) is 1.81. The molecule has 0 saturated carbocycles. The lowest BCUT2D eigenvalue weighted by molar-refractivity contribution is 0.123. The minimum absolute atomic E-state index is 0.193. The summed E-state index contributed by atoms with van der Waals surface area (Å²) in [6, 6.07) is 10.8. The average Bonchev–Trinajstić information content (AvgIpc) is 3.06. The molecule has 9 heteroatoms. The number of aryl methyl sites for hydroxylation is 1. The fourth-order valence-electron chi connectivity index (χ4n) is 3.18. The van der Waals surface area contributed by atoms with Gasteiger partial charge in [0.05, 0.1) is 12.2 Å². The van der Waals surface area contributed by atoms with Gasteiger partial charge < -0.3 is 9.26 Å². The predicted molar refractivity (Wildman–Crippen MR) is 98.6 cm³/mol. The molecule has 0 aliphatic carbocycles. The molecule has 8 nitrogen and oxygen atoms in total. The number of sulfonamides is 1. The molecule has 1 saturated heterocycles. The van der Waals surface area contributed by atoms with E-state index in [1.165, 1.54) is 4.31 Å². The lowest BCUT2D eigenvalue weighted by Crippen LogP contribution is -2.44. The normalized spacial score (nSPS) is 18.6. The van der Waals surface area contributed by atoms with Crippen molar-refractivity contribution in [2.24, 2.45) is 0 Å². The maximum absolute atomic E-state index is 12.9. The van der Waals surface area contributed by atoms with Crippen LogP contribution in [0.15, 0.2) is 40.9 Å². The summed E-state index contributed by atoms with van der Waals surface area (Å²) in [7, 11) is -3.53. The Morgan fingerprint density at radius 2 is 2.07 bits per heavy atom. The van der Waals surface area contributed by atoms with Crippen molar-refractivity contribution in [3.63, 3.8) is 0 Å². The molecule has 4 rings (SSSR count). The summed E-state index contributed by atoms with van der Waals surface area (Å²) in [6.45, 7) is 2.60. The summed E-state index contributed by atoms with van der Waals surface area (Å²) < 4.78 is 38.3. The van der Waals surface area contributed by atoms with Crippen LogP contribution in [0, 0.1) is 6.92 Å². The summed E-state index contributed by atoms with van der Waals surface area (Å²) in [5, 5.41) is 12.6. The van der Waals surface area contributed by atoms with Gasteiger partial charge in [-0.15, -0.1) is 5.10 Å². The molecule has 0 amide bonds. The maximum atomic E-state index is 12.9.